The molecule has 2 aromatic carbocycles. The lowest BCUT2D eigenvalue weighted by molar-refractivity contribution is -0.135. The van der Waals surface area contributed by atoms with Crippen LogP contribution in [0.3, 0.4) is 0 Å². The van der Waals surface area contributed by atoms with Gasteiger partial charge in [-0.25, -0.2) is 12.8 Å². The number of ether oxygens (including phenoxy) is 1. The van der Waals surface area contributed by atoms with E-state index in [9.17, 15) is 22.7 Å². The van der Waals surface area contributed by atoms with Crippen LogP contribution in [0.1, 0.15) is 30.0 Å². The average Bonchev–Trinajstić information content (AvgIpc) is 2.86. The number of rotatable bonds is 5. The number of carbonyl (C=O) groups is 1. The molecule has 0 radical (unpaired) electrons. The molecule has 7 heteroatoms. The third kappa shape index (κ3) is 3.45. The van der Waals surface area contributed by atoms with Crippen molar-refractivity contribution in [1.82, 2.24) is 0 Å². The standard InChI is InChI=1S/C21H19FO5S/c1-12-14(11-19(23)24)15-10-18(27-2)17(22)9-16(15)20(12)21(28(3,25)26)13-7-5-4-6-8-13/h4-10H,11H2,1-3H3,(H,23,24). The lowest BCUT2D eigenvalue weighted by Gasteiger charge is -2.14. The van der Waals surface area contributed by atoms with Crippen LogP contribution >= 0.6 is 0 Å². The number of carboxylic acid groups (broad SMARTS) is 1. The average molecular weight is 402 g/mol. The Labute approximate surface area is 162 Å². The van der Waals surface area contributed by atoms with E-state index in [2.05, 4.69) is 0 Å². The predicted molar refractivity (Wildman–Crippen MR) is 106 cm³/mol. The van der Waals surface area contributed by atoms with Gasteiger partial charge in [-0.3, -0.25) is 4.79 Å². The first-order chi connectivity index (χ1) is 13.1. The molecule has 146 valence electrons. The van der Waals surface area contributed by atoms with Crippen molar-refractivity contribution in [2.24, 2.45) is 0 Å². The van der Waals surface area contributed by atoms with Crippen molar-refractivity contribution in [2.45, 2.75) is 13.3 Å². The van der Waals surface area contributed by atoms with Gasteiger partial charge >= 0.3 is 5.97 Å². The summed E-state index contributed by atoms with van der Waals surface area (Å²) in [6, 6.07) is 11.1. The fourth-order valence-electron chi connectivity index (χ4n) is 3.53. The molecule has 0 saturated carbocycles. The maximum atomic E-state index is 14.5. The number of benzene rings is 2. The van der Waals surface area contributed by atoms with Gasteiger partial charge in [-0.1, -0.05) is 30.3 Å². The summed E-state index contributed by atoms with van der Waals surface area (Å²) in [5.74, 6) is -1.74. The minimum atomic E-state index is -3.71. The number of methoxy groups -OCH3 is 1. The Morgan fingerprint density at radius 1 is 1.14 bits per heavy atom. The van der Waals surface area contributed by atoms with Gasteiger partial charge in [-0.05, 0) is 46.9 Å². The molecule has 0 bridgehead atoms. The molecule has 1 aliphatic carbocycles. The summed E-state index contributed by atoms with van der Waals surface area (Å²) >= 11 is 0. The number of sulfone groups is 1. The Balaban J connectivity index is 2.46. The summed E-state index contributed by atoms with van der Waals surface area (Å²) in [5, 5.41) is 9.33. The second-order valence-electron chi connectivity index (χ2n) is 6.55. The highest BCUT2D eigenvalue weighted by Crippen LogP contribution is 2.48. The van der Waals surface area contributed by atoms with Crippen molar-refractivity contribution in [3.63, 3.8) is 0 Å². The van der Waals surface area contributed by atoms with Gasteiger partial charge in [0.2, 0.25) is 0 Å². The molecule has 0 aromatic heterocycles. The van der Waals surface area contributed by atoms with E-state index in [0.717, 1.165) is 6.26 Å². The fourth-order valence-corrected chi connectivity index (χ4v) is 4.72. The molecule has 5 nitrogen and oxygen atoms in total. The Hall–Kier alpha value is -2.93. The highest BCUT2D eigenvalue weighted by atomic mass is 32.2. The number of carboxylic acids is 1. The first-order valence-electron chi connectivity index (χ1n) is 8.45. The molecule has 0 heterocycles. The third-order valence-corrected chi connectivity index (χ3v) is 5.86. The highest BCUT2D eigenvalue weighted by Gasteiger charge is 2.32. The van der Waals surface area contributed by atoms with Crippen LogP contribution < -0.4 is 4.74 Å². The zero-order valence-corrected chi connectivity index (χ0v) is 16.4. The van der Waals surface area contributed by atoms with Gasteiger partial charge in [0.25, 0.3) is 0 Å². The van der Waals surface area contributed by atoms with Crippen LogP contribution in [0.5, 0.6) is 5.75 Å². The van der Waals surface area contributed by atoms with Crippen molar-refractivity contribution < 1.29 is 27.4 Å². The normalized spacial score (nSPS) is 15.4. The number of fused-ring (bicyclic) bond motifs is 1. The summed E-state index contributed by atoms with van der Waals surface area (Å²) in [5.41, 5.74) is 2.52. The van der Waals surface area contributed by atoms with Crippen molar-refractivity contribution in [1.29, 1.82) is 0 Å². The minimum Gasteiger partial charge on any atom is -0.494 e. The molecule has 3 rings (SSSR count). The van der Waals surface area contributed by atoms with Gasteiger partial charge in [0.05, 0.1) is 18.4 Å². The largest absolute Gasteiger partial charge is 0.494 e. The van der Waals surface area contributed by atoms with E-state index in [-0.39, 0.29) is 17.1 Å². The second kappa shape index (κ2) is 7.24. The van der Waals surface area contributed by atoms with Gasteiger partial charge in [0.15, 0.2) is 21.4 Å². The lowest BCUT2D eigenvalue weighted by atomic mass is 9.99. The van der Waals surface area contributed by atoms with Crippen LogP contribution in [0.2, 0.25) is 0 Å². The summed E-state index contributed by atoms with van der Waals surface area (Å²) in [6.07, 6.45) is 0.771. The van der Waals surface area contributed by atoms with Crippen LogP contribution in [-0.2, 0) is 14.6 Å². The first-order valence-corrected chi connectivity index (χ1v) is 10.3. The van der Waals surface area contributed by atoms with Crippen LogP contribution in [0.4, 0.5) is 4.39 Å². The molecular weight excluding hydrogens is 383 g/mol. The van der Waals surface area contributed by atoms with Gasteiger partial charge < -0.3 is 9.84 Å². The number of allylic oxidation sites excluding steroid dienone is 2. The summed E-state index contributed by atoms with van der Waals surface area (Å²) in [4.78, 5) is 11.4. The Morgan fingerprint density at radius 2 is 1.79 bits per heavy atom. The van der Waals surface area contributed by atoms with E-state index in [4.69, 9.17) is 4.74 Å². The topological polar surface area (TPSA) is 80.7 Å². The quantitative estimate of drug-likeness (QED) is 0.817. The van der Waals surface area contributed by atoms with Gasteiger partial charge in [0.1, 0.15) is 0 Å². The summed E-state index contributed by atoms with van der Waals surface area (Å²) in [7, 11) is -2.40. The van der Waals surface area contributed by atoms with Crippen molar-refractivity contribution >= 4 is 31.9 Å². The summed E-state index contributed by atoms with van der Waals surface area (Å²) < 4.78 is 44.9. The smallest absolute Gasteiger partial charge is 0.307 e. The van der Waals surface area contributed by atoms with Gasteiger partial charge in [-0.2, -0.15) is 0 Å². The van der Waals surface area contributed by atoms with Crippen molar-refractivity contribution in [3.8, 4) is 5.75 Å². The predicted octanol–water partition coefficient (Wildman–Crippen LogP) is 4.01. The second-order valence-corrected chi connectivity index (χ2v) is 8.50. The molecule has 0 atom stereocenters. The molecule has 28 heavy (non-hydrogen) atoms. The number of halogens is 1. The SMILES string of the molecule is COc1cc2c(cc1F)C(=C(c1ccccc1)S(C)(=O)=O)C(C)=C2CC(=O)O. The third-order valence-electron chi connectivity index (χ3n) is 4.68. The van der Waals surface area contributed by atoms with E-state index < -0.39 is 21.6 Å². The Kier molecular flexibility index (Phi) is 5.12. The minimum absolute atomic E-state index is 0.0312. The van der Waals surface area contributed by atoms with E-state index in [1.54, 1.807) is 37.3 Å². The molecule has 0 amide bonds. The van der Waals surface area contributed by atoms with Crippen molar-refractivity contribution in [2.75, 3.05) is 13.4 Å². The van der Waals surface area contributed by atoms with Crippen LogP contribution in [0.15, 0.2) is 48.0 Å². The lowest BCUT2D eigenvalue weighted by Crippen LogP contribution is -2.04. The van der Waals surface area contributed by atoms with Crippen LogP contribution in [-0.4, -0.2) is 32.9 Å². The molecule has 2 aromatic rings. The number of hydrogen-bond donors (Lipinski definition) is 1. The fraction of sp³-hybridized carbons (Fsp3) is 0.190. The molecule has 0 aliphatic heterocycles. The summed E-state index contributed by atoms with van der Waals surface area (Å²) in [6.45, 7) is 1.66. The molecule has 1 N–H and O–H groups in total. The number of hydrogen-bond acceptors (Lipinski definition) is 4. The molecule has 0 fully saturated rings. The van der Waals surface area contributed by atoms with E-state index in [1.165, 1.54) is 19.2 Å². The zero-order chi connectivity index (χ0) is 20.6. The monoisotopic (exact) mass is 402 g/mol. The van der Waals surface area contributed by atoms with Crippen molar-refractivity contribution in [3.05, 3.63) is 70.5 Å². The first kappa shape index (κ1) is 19.8. The molecular formula is C21H19FO5S. The van der Waals surface area contributed by atoms with Crippen LogP contribution in [0.25, 0.3) is 16.1 Å². The van der Waals surface area contributed by atoms with Crippen LogP contribution in [0, 0.1) is 5.82 Å². The van der Waals surface area contributed by atoms with E-state index >= 15 is 0 Å². The molecule has 0 spiro atoms. The maximum absolute atomic E-state index is 14.5. The molecule has 1 aliphatic rings. The van der Waals surface area contributed by atoms with E-state index in [1.807, 2.05) is 0 Å². The highest BCUT2D eigenvalue weighted by molar-refractivity contribution is 8.00. The van der Waals surface area contributed by atoms with Gasteiger partial charge in [0, 0.05) is 11.8 Å². The van der Waals surface area contributed by atoms with E-state index in [0.29, 0.717) is 33.4 Å². The molecule has 0 unspecified atom stereocenters. The Bertz CT molecular complexity index is 1130. The Morgan fingerprint density at radius 3 is 2.32 bits per heavy atom. The zero-order valence-electron chi connectivity index (χ0n) is 15.6. The number of aliphatic carboxylic acids is 1. The van der Waals surface area contributed by atoms with Gasteiger partial charge in [-0.15, -0.1) is 0 Å². The maximum Gasteiger partial charge on any atom is 0.307 e. The molecule has 0 saturated heterocycles.